The third kappa shape index (κ3) is 5.61. The Morgan fingerprint density at radius 3 is 2.30 bits per heavy atom. The van der Waals surface area contributed by atoms with Gasteiger partial charge in [-0.05, 0) is 66.1 Å². The second kappa shape index (κ2) is 10.4. The summed E-state index contributed by atoms with van der Waals surface area (Å²) in [5, 5.41) is 9.14. The molecule has 9 heteroatoms. The summed E-state index contributed by atoms with van der Waals surface area (Å²) in [5.74, 6) is -2.38. The highest BCUT2D eigenvalue weighted by Crippen LogP contribution is 2.41. The van der Waals surface area contributed by atoms with E-state index in [1.54, 1.807) is 24.1 Å². The molecule has 4 rings (SSSR count). The van der Waals surface area contributed by atoms with Crippen molar-refractivity contribution in [1.29, 1.82) is 0 Å². The Balaban J connectivity index is 1.62. The number of hydrogen-bond acceptors (Lipinski definition) is 4. The van der Waals surface area contributed by atoms with E-state index in [4.69, 9.17) is 9.84 Å². The van der Waals surface area contributed by atoms with Crippen LogP contribution in [0, 0.1) is 23.5 Å². The molecule has 1 N–H and O–H groups in total. The summed E-state index contributed by atoms with van der Waals surface area (Å²) in [6, 6.07) is 6.96. The molecule has 37 heavy (non-hydrogen) atoms. The molecule has 1 aliphatic carbocycles. The Labute approximate surface area is 216 Å². The molecule has 1 atom stereocenters. The van der Waals surface area contributed by atoms with Gasteiger partial charge in [0, 0.05) is 30.5 Å². The van der Waals surface area contributed by atoms with Gasteiger partial charge in [-0.2, -0.15) is 0 Å². The Kier molecular flexibility index (Phi) is 7.55. The van der Waals surface area contributed by atoms with E-state index < -0.39 is 31.7 Å². The van der Waals surface area contributed by atoms with Crippen LogP contribution < -0.4 is 9.92 Å². The van der Waals surface area contributed by atoms with Crippen LogP contribution in [0.15, 0.2) is 30.3 Å². The van der Waals surface area contributed by atoms with Crippen LogP contribution in [0.5, 0.6) is 5.75 Å². The molecule has 1 heterocycles. The minimum absolute atomic E-state index is 0.0271. The summed E-state index contributed by atoms with van der Waals surface area (Å²) in [5.41, 5.74) is 1.82. The molecule has 1 aliphatic heterocycles. The number of hydrogen-bond donors (Lipinski definition) is 1. The van der Waals surface area contributed by atoms with Gasteiger partial charge in [0.1, 0.15) is 23.4 Å². The molecular weight excluding hydrogens is 496 g/mol. The lowest BCUT2D eigenvalue weighted by Gasteiger charge is -2.42. The number of carboxylic acid groups (broad SMARTS) is 1. The largest absolute Gasteiger partial charge is 0.497 e. The van der Waals surface area contributed by atoms with Crippen LogP contribution >= 0.6 is 0 Å². The van der Waals surface area contributed by atoms with E-state index >= 15 is 0 Å². The van der Waals surface area contributed by atoms with Gasteiger partial charge in [-0.1, -0.05) is 25.7 Å². The molecule has 198 valence electrons. The predicted molar refractivity (Wildman–Crippen MR) is 138 cm³/mol. The number of nitrogens with zero attached hydrogens (tertiary/aromatic N) is 1. The number of carbonyl (C=O) groups is 3. The number of carbonyl (C=O) groups excluding carboxylic acids is 2. The van der Waals surface area contributed by atoms with Gasteiger partial charge in [-0.25, -0.2) is 8.78 Å². The van der Waals surface area contributed by atoms with E-state index in [1.807, 2.05) is 25.7 Å². The van der Waals surface area contributed by atoms with Crippen molar-refractivity contribution < 1.29 is 33.0 Å². The molecule has 0 saturated heterocycles. The number of Topliss-reactive ketones (excluding diaryl/α,β-unsaturated/α-hetero) is 1. The number of rotatable bonds is 8. The maximum atomic E-state index is 14.9. The molecule has 1 unspecified atom stereocenters. The normalized spacial score (nSPS) is 21.1. The zero-order valence-corrected chi connectivity index (χ0v) is 22.6. The van der Waals surface area contributed by atoms with Crippen molar-refractivity contribution in [2.24, 2.45) is 11.8 Å². The molecule has 2 aromatic rings. The van der Waals surface area contributed by atoms with Crippen LogP contribution in [-0.2, 0) is 27.2 Å². The number of fused-ring (bicyclic) bond motifs is 1. The lowest BCUT2D eigenvalue weighted by molar-refractivity contribution is -0.149. The zero-order chi connectivity index (χ0) is 27.1. The lowest BCUT2D eigenvalue weighted by Crippen LogP contribution is -2.49. The predicted octanol–water partition coefficient (Wildman–Crippen LogP) is 4.26. The number of benzene rings is 2. The number of aliphatic carboxylic acids is 1. The summed E-state index contributed by atoms with van der Waals surface area (Å²) in [6.07, 6.45) is 1.31. The third-order valence-corrected chi connectivity index (χ3v) is 9.42. The number of amides is 1. The average Bonchev–Trinajstić information content (AvgIpc) is 2.77. The van der Waals surface area contributed by atoms with Gasteiger partial charge < -0.3 is 14.7 Å². The molecule has 2 aliphatic rings. The molecule has 1 fully saturated rings. The van der Waals surface area contributed by atoms with Gasteiger partial charge in [0.2, 0.25) is 5.91 Å². The topological polar surface area (TPSA) is 83.9 Å². The first kappa shape index (κ1) is 27.0. The van der Waals surface area contributed by atoms with Crippen molar-refractivity contribution in [3.63, 3.8) is 0 Å². The summed E-state index contributed by atoms with van der Waals surface area (Å²) in [4.78, 5) is 39.7. The van der Waals surface area contributed by atoms with Gasteiger partial charge in [0.25, 0.3) is 0 Å². The van der Waals surface area contributed by atoms with Crippen LogP contribution in [0.3, 0.4) is 0 Å². The fraction of sp³-hybridized carbons (Fsp3) is 0.464. The molecule has 0 aromatic heterocycles. The van der Waals surface area contributed by atoms with Gasteiger partial charge in [-0.3, -0.25) is 14.4 Å². The van der Waals surface area contributed by atoms with Gasteiger partial charge in [0.15, 0.2) is 5.78 Å². The monoisotopic (exact) mass is 529 g/mol. The summed E-state index contributed by atoms with van der Waals surface area (Å²) < 4.78 is 35.1. The van der Waals surface area contributed by atoms with E-state index in [9.17, 15) is 23.2 Å². The van der Waals surface area contributed by atoms with E-state index in [0.29, 0.717) is 37.1 Å². The highest BCUT2D eigenvalue weighted by Gasteiger charge is 2.43. The van der Waals surface area contributed by atoms with Crippen molar-refractivity contribution >= 4 is 30.9 Å². The molecular formula is C28H33F2NO5Si. The standard InChI is InChI=1S/C28H33F2NO5Si/c1-36-20-5-6-21-18(15-20)7-8-31(28(35)19-9-16(10-19)14-25(33)34)26(21)24(32)13-17-11-22(29)27(23(30)12-17)37(2,3)4/h5-6,11-12,15-16,19,26H,7-10,13-14H2,1-4H3,(H,33,34). The van der Waals surface area contributed by atoms with Crippen molar-refractivity contribution in [2.45, 2.75) is 57.8 Å². The second-order valence-electron chi connectivity index (χ2n) is 11.2. The summed E-state index contributed by atoms with van der Waals surface area (Å²) in [7, 11) is -0.707. The first-order chi connectivity index (χ1) is 17.4. The molecule has 1 saturated carbocycles. The van der Waals surface area contributed by atoms with Crippen LogP contribution in [0.4, 0.5) is 8.78 Å². The van der Waals surface area contributed by atoms with Crippen LogP contribution in [0.25, 0.3) is 0 Å². The number of ether oxygens (including phenoxy) is 1. The minimum atomic E-state index is -2.26. The highest BCUT2D eigenvalue weighted by atomic mass is 28.3. The Morgan fingerprint density at radius 1 is 1.08 bits per heavy atom. The maximum Gasteiger partial charge on any atom is 0.303 e. The fourth-order valence-corrected chi connectivity index (χ4v) is 7.22. The number of carboxylic acids is 1. The van der Waals surface area contributed by atoms with Gasteiger partial charge >= 0.3 is 5.97 Å². The molecule has 6 nitrogen and oxygen atoms in total. The van der Waals surface area contributed by atoms with Crippen molar-refractivity contribution in [2.75, 3.05) is 13.7 Å². The number of methoxy groups -OCH3 is 1. The van der Waals surface area contributed by atoms with E-state index in [2.05, 4.69) is 0 Å². The van der Waals surface area contributed by atoms with E-state index in [1.165, 1.54) is 12.1 Å². The molecule has 0 radical (unpaired) electrons. The van der Waals surface area contributed by atoms with Crippen LogP contribution in [-0.4, -0.2) is 49.4 Å². The molecule has 2 aromatic carbocycles. The molecule has 1 amide bonds. The van der Waals surface area contributed by atoms with E-state index in [-0.39, 0.29) is 47.1 Å². The molecule has 0 bridgehead atoms. The summed E-state index contributed by atoms with van der Waals surface area (Å²) >= 11 is 0. The Hall–Kier alpha value is -3.07. The first-order valence-electron chi connectivity index (χ1n) is 12.6. The minimum Gasteiger partial charge on any atom is -0.497 e. The average molecular weight is 530 g/mol. The smallest absolute Gasteiger partial charge is 0.303 e. The Morgan fingerprint density at radius 2 is 1.73 bits per heavy atom. The Bertz CT molecular complexity index is 1210. The van der Waals surface area contributed by atoms with Crippen molar-refractivity contribution in [1.82, 2.24) is 4.90 Å². The SMILES string of the molecule is COc1ccc2c(c1)CCN(C(=O)C1CC(CC(=O)O)C1)C2C(=O)Cc1cc(F)c([Si](C)(C)C)c(F)c1. The highest BCUT2D eigenvalue weighted by molar-refractivity contribution is 6.88. The lowest BCUT2D eigenvalue weighted by atomic mass is 9.72. The van der Waals surface area contributed by atoms with Gasteiger partial charge in [0.05, 0.1) is 15.2 Å². The van der Waals surface area contributed by atoms with Crippen molar-refractivity contribution in [3.05, 3.63) is 58.7 Å². The van der Waals surface area contributed by atoms with Gasteiger partial charge in [-0.15, -0.1) is 0 Å². The van der Waals surface area contributed by atoms with Crippen LogP contribution in [0.2, 0.25) is 19.6 Å². The third-order valence-electron chi connectivity index (χ3n) is 7.44. The molecule has 0 spiro atoms. The fourth-order valence-electron chi connectivity index (χ4n) is 5.64. The zero-order valence-electron chi connectivity index (χ0n) is 21.6. The maximum absolute atomic E-state index is 14.9. The van der Waals surface area contributed by atoms with Crippen LogP contribution in [0.1, 0.15) is 42.0 Å². The number of ketones is 1. The summed E-state index contributed by atoms with van der Waals surface area (Å²) in [6.45, 7) is 5.90. The second-order valence-corrected chi connectivity index (χ2v) is 16.2. The van der Waals surface area contributed by atoms with E-state index in [0.717, 1.165) is 5.56 Å². The first-order valence-corrected chi connectivity index (χ1v) is 16.1. The number of halogens is 2. The van der Waals surface area contributed by atoms with Crippen molar-refractivity contribution in [3.8, 4) is 5.75 Å². The quantitative estimate of drug-likeness (QED) is 0.517.